The third-order valence-corrected chi connectivity index (χ3v) is 6.53. The number of nitrogens with zero attached hydrogens (tertiary/aromatic N) is 2. The Hall–Kier alpha value is -3.07. The number of carbonyl (C=O) groups excluding carboxylic acids is 1. The number of anilines is 1. The van der Waals surface area contributed by atoms with Gasteiger partial charge in [0, 0.05) is 54.8 Å². The average Bonchev–Trinajstić information content (AvgIpc) is 3.26. The van der Waals surface area contributed by atoms with Gasteiger partial charge < -0.3 is 20.4 Å². The molecule has 0 radical (unpaired) electrons. The molecule has 0 spiro atoms. The maximum Gasteiger partial charge on any atom is 0.251 e. The van der Waals surface area contributed by atoms with Gasteiger partial charge in [-0.2, -0.15) is 4.98 Å². The summed E-state index contributed by atoms with van der Waals surface area (Å²) in [5, 5.41) is 6.95. The number of hydrogen-bond acceptors (Lipinski definition) is 5. The minimum absolute atomic E-state index is 0.0478. The predicted molar refractivity (Wildman–Crippen MR) is 122 cm³/mol. The normalized spacial score (nSPS) is 19.3. The first-order chi connectivity index (χ1) is 16.0. The fraction of sp³-hybridized carbons (Fsp3) is 0.458. The molecule has 9 heteroatoms. The zero-order valence-corrected chi connectivity index (χ0v) is 18.3. The summed E-state index contributed by atoms with van der Waals surface area (Å²) in [5.74, 6) is -1.91. The van der Waals surface area contributed by atoms with Crippen molar-refractivity contribution in [3.05, 3.63) is 41.7 Å². The van der Waals surface area contributed by atoms with Crippen molar-refractivity contribution in [3.63, 3.8) is 0 Å². The summed E-state index contributed by atoms with van der Waals surface area (Å²) in [6.07, 6.45) is 5.24. The van der Waals surface area contributed by atoms with E-state index in [0.717, 1.165) is 22.1 Å². The van der Waals surface area contributed by atoms with Gasteiger partial charge in [-0.05, 0) is 42.4 Å². The maximum absolute atomic E-state index is 13.4. The largest absolute Gasteiger partial charge is 0.379 e. The van der Waals surface area contributed by atoms with Crippen molar-refractivity contribution in [2.24, 2.45) is 5.92 Å². The molecule has 7 nitrogen and oxygen atoms in total. The molecule has 1 amide bonds. The molecule has 0 bridgehead atoms. The molecule has 1 aromatic carbocycles. The number of aromatic amines is 1. The molecular weight excluding hydrogens is 428 g/mol. The number of amides is 1. The Morgan fingerprint density at radius 1 is 1.18 bits per heavy atom. The second-order valence-corrected chi connectivity index (χ2v) is 8.83. The SMILES string of the molecule is O=C1NCCOCCc2cc(-c3c[nH]c4nc(NCC5CCC(F)(F)CC5)ncc34)ccc21. The lowest BCUT2D eigenvalue weighted by atomic mass is 9.87. The molecule has 0 unspecified atom stereocenters. The lowest BCUT2D eigenvalue weighted by Crippen LogP contribution is -2.28. The van der Waals surface area contributed by atoms with Crippen molar-refractivity contribution in [2.75, 3.05) is 31.6 Å². The summed E-state index contributed by atoms with van der Waals surface area (Å²) in [6.45, 7) is 2.17. The molecule has 3 heterocycles. The van der Waals surface area contributed by atoms with Crippen LogP contribution in [0.25, 0.3) is 22.2 Å². The highest BCUT2D eigenvalue weighted by atomic mass is 19.3. The van der Waals surface area contributed by atoms with Crippen LogP contribution in [0.5, 0.6) is 0 Å². The highest BCUT2D eigenvalue weighted by molar-refractivity contribution is 5.98. The lowest BCUT2D eigenvalue weighted by molar-refractivity contribution is -0.0443. The number of halogens is 2. The van der Waals surface area contributed by atoms with Crippen LogP contribution in [-0.2, 0) is 11.2 Å². The van der Waals surface area contributed by atoms with Crippen LogP contribution in [0.4, 0.5) is 14.7 Å². The summed E-state index contributed by atoms with van der Waals surface area (Å²) in [7, 11) is 0. The number of ether oxygens (including phenoxy) is 1. The van der Waals surface area contributed by atoms with E-state index in [1.807, 2.05) is 24.4 Å². The fourth-order valence-corrected chi connectivity index (χ4v) is 4.58. The summed E-state index contributed by atoms with van der Waals surface area (Å²) >= 11 is 0. The van der Waals surface area contributed by atoms with Crippen molar-refractivity contribution >= 4 is 22.9 Å². The van der Waals surface area contributed by atoms with Gasteiger partial charge in [-0.3, -0.25) is 4.79 Å². The maximum atomic E-state index is 13.4. The molecule has 0 atom stereocenters. The van der Waals surface area contributed by atoms with Crippen LogP contribution in [0, 0.1) is 5.92 Å². The molecule has 1 saturated carbocycles. The second kappa shape index (κ2) is 9.05. The minimum Gasteiger partial charge on any atom is -0.379 e. The molecule has 3 aromatic rings. The van der Waals surface area contributed by atoms with Crippen molar-refractivity contribution < 1.29 is 18.3 Å². The third kappa shape index (κ3) is 4.83. The first-order valence-corrected chi connectivity index (χ1v) is 11.4. The van der Waals surface area contributed by atoms with Gasteiger partial charge in [-0.15, -0.1) is 0 Å². The van der Waals surface area contributed by atoms with E-state index < -0.39 is 5.92 Å². The number of rotatable bonds is 4. The van der Waals surface area contributed by atoms with Gasteiger partial charge in [0.15, 0.2) is 0 Å². The molecule has 2 aromatic heterocycles. The lowest BCUT2D eigenvalue weighted by Gasteiger charge is -2.28. The Morgan fingerprint density at radius 3 is 2.88 bits per heavy atom. The zero-order valence-electron chi connectivity index (χ0n) is 18.3. The summed E-state index contributed by atoms with van der Waals surface area (Å²) in [5.41, 5.74) is 4.24. The molecular formula is C24H27F2N5O2. The van der Waals surface area contributed by atoms with Crippen LogP contribution >= 0.6 is 0 Å². The van der Waals surface area contributed by atoms with Gasteiger partial charge in [-0.25, -0.2) is 13.8 Å². The van der Waals surface area contributed by atoms with E-state index in [-0.39, 0.29) is 24.7 Å². The summed E-state index contributed by atoms with van der Waals surface area (Å²) in [6, 6.07) is 5.82. The predicted octanol–water partition coefficient (Wildman–Crippen LogP) is 4.16. The number of nitrogens with one attached hydrogen (secondary N) is 3. The van der Waals surface area contributed by atoms with Crippen molar-refractivity contribution in [1.29, 1.82) is 0 Å². The van der Waals surface area contributed by atoms with E-state index in [9.17, 15) is 13.6 Å². The molecule has 1 fully saturated rings. The van der Waals surface area contributed by atoms with Crippen LogP contribution in [0.15, 0.2) is 30.6 Å². The molecule has 1 aliphatic heterocycles. The van der Waals surface area contributed by atoms with E-state index in [4.69, 9.17) is 4.74 Å². The Balaban J connectivity index is 1.33. The van der Waals surface area contributed by atoms with Crippen LogP contribution < -0.4 is 10.6 Å². The average molecular weight is 456 g/mol. The Kier molecular flexibility index (Phi) is 5.97. The van der Waals surface area contributed by atoms with E-state index in [1.165, 1.54) is 0 Å². The molecule has 33 heavy (non-hydrogen) atoms. The van der Waals surface area contributed by atoms with Crippen LogP contribution in [0.1, 0.15) is 41.6 Å². The quantitative estimate of drug-likeness (QED) is 0.549. The van der Waals surface area contributed by atoms with Gasteiger partial charge in [0.25, 0.3) is 5.91 Å². The summed E-state index contributed by atoms with van der Waals surface area (Å²) < 4.78 is 32.3. The second-order valence-electron chi connectivity index (χ2n) is 8.83. The topological polar surface area (TPSA) is 91.9 Å². The van der Waals surface area contributed by atoms with Crippen LogP contribution in [0.3, 0.4) is 0 Å². The van der Waals surface area contributed by atoms with Gasteiger partial charge in [0.1, 0.15) is 5.65 Å². The monoisotopic (exact) mass is 455 g/mol. The molecule has 174 valence electrons. The van der Waals surface area contributed by atoms with E-state index in [2.05, 4.69) is 25.6 Å². The highest BCUT2D eigenvalue weighted by Gasteiger charge is 2.34. The third-order valence-electron chi connectivity index (χ3n) is 6.53. The number of hydrogen-bond donors (Lipinski definition) is 3. The van der Waals surface area contributed by atoms with Gasteiger partial charge >= 0.3 is 0 Å². The fourth-order valence-electron chi connectivity index (χ4n) is 4.58. The van der Waals surface area contributed by atoms with Gasteiger partial charge in [-0.1, -0.05) is 12.1 Å². The van der Waals surface area contributed by atoms with E-state index in [0.29, 0.717) is 62.7 Å². The highest BCUT2D eigenvalue weighted by Crippen LogP contribution is 2.36. The summed E-state index contributed by atoms with van der Waals surface area (Å²) in [4.78, 5) is 24.6. The smallest absolute Gasteiger partial charge is 0.251 e. The number of alkyl halides is 2. The Morgan fingerprint density at radius 2 is 2.03 bits per heavy atom. The Labute approximate surface area is 190 Å². The van der Waals surface area contributed by atoms with Crippen LogP contribution in [0.2, 0.25) is 0 Å². The van der Waals surface area contributed by atoms with Crippen molar-refractivity contribution in [1.82, 2.24) is 20.3 Å². The first kappa shape index (κ1) is 21.8. The number of fused-ring (bicyclic) bond motifs is 2. The standard InChI is InChI=1S/C24H27F2N5O2/c25-24(26)6-3-15(4-7-24)12-29-23-30-14-20-19(13-28-21(20)31-23)16-1-2-18-17(11-16)5-9-33-10-8-27-22(18)32/h1-2,11,13-15H,3-10,12H2,(H,27,32)(H2,28,29,30,31). The molecule has 0 saturated heterocycles. The van der Waals surface area contributed by atoms with Crippen LogP contribution in [-0.4, -0.2) is 53.1 Å². The van der Waals surface area contributed by atoms with Gasteiger partial charge in [0.05, 0.1) is 13.2 Å². The number of carbonyl (C=O) groups is 1. The van der Waals surface area contributed by atoms with Crippen molar-refractivity contribution in [3.8, 4) is 11.1 Å². The molecule has 3 N–H and O–H groups in total. The van der Waals surface area contributed by atoms with Gasteiger partial charge in [0.2, 0.25) is 11.9 Å². The molecule has 2 aliphatic rings. The number of benzene rings is 1. The number of H-pyrrole nitrogens is 1. The zero-order chi connectivity index (χ0) is 22.8. The number of aromatic nitrogens is 3. The first-order valence-electron chi connectivity index (χ1n) is 11.4. The Bertz CT molecular complexity index is 1150. The van der Waals surface area contributed by atoms with Crippen molar-refractivity contribution in [2.45, 2.75) is 38.0 Å². The van der Waals surface area contributed by atoms with E-state index in [1.54, 1.807) is 6.20 Å². The van der Waals surface area contributed by atoms with E-state index >= 15 is 0 Å². The molecule has 5 rings (SSSR count). The minimum atomic E-state index is -2.52. The molecule has 1 aliphatic carbocycles.